The lowest BCUT2D eigenvalue weighted by molar-refractivity contribution is 0.445. The normalized spacial score (nSPS) is 16.8. The first-order valence-electron chi connectivity index (χ1n) is 6.79. The number of H-pyrrole nitrogens is 1. The van der Waals surface area contributed by atoms with Crippen molar-refractivity contribution >= 4 is 16.7 Å². The fourth-order valence-corrected chi connectivity index (χ4v) is 2.24. The van der Waals surface area contributed by atoms with Crippen LogP contribution >= 0.6 is 0 Å². The molecule has 0 saturated heterocycles. The molecule has 2 aromatic rings. The first-order chi connectivity index (χ1) is 8.52. The summed E-state index contributed by atoms with van der Waals surface area (Å²) in [5.41, 5.74) is 3.46. The monoisotopic (exact) mass is 243 g/mol. The van der Waals surface area contributed by atoms with E-state index in [1.54, 1.807) is 0 Å². The van der Waals surface area contributed by atoms with Crippen LogP contribution in [-0.2, 0) is 5.41 Å². The minimum absolute atomic E-state index is 0.0700. The lowest BCUT2D eigenvalue weighted by atomic mass is 9.93. The van der Waals surface area contributed by atoms with E-state index in [4.69, 9.17) is 0 Å². The molecule has 0 amide bonds. The highest BCUT2D eigenvalue weighted by atomic mass is 15.0. The number of nitrogens with one attached hydrogen (secondary N) is 2. The van der Waals surface area contributed by atoms with Crippen LogP contribution in [0.25, 0.3) is 11.0 Å². The minimum Gasteiger partial charge on any atom is -0.382 e. The molecule has 1 fully saturated rings. The van der Waals surface area contributed by atoms with Gasteiger partial charge in [0.1, 0.15) is 5.82 Å². The van der Waals surface area contributed by atoms with Crippen molar-refractivity contribution < 1.29 is 0 Å². The van der Waals surface area contributed by atoms with Gasteiger partial charge in [-0.15, -0.1) is 0 Å². The molecule has 0 unspecified atom stereocenters. The molecular weight excluding hydrogens is 222 g/mol. The molecule has 1 heterocycles. The number of rotatable bonds is 2. The van der Waals surface area contributed by atoms with E-state index in [1.807, 2.05) is 0 Å². The Bertz CT molecular complexity index is 559. The van der Waals surface area contributed by atoms with Crippen LogP contribution in [0, 0.1) is 0 Å². The molecule has 1 aliphatic carbocycles. The number of aromatic nitrogens is 2. The van der Waals surface area contributed by atoms with Crippen molar-refractivity contribution in [1.82, 2.24) is 9.97 Å². The number of hydrogen-bond acceptors (Lipinski definition) is 2. The lowest BCUT2D eigenvalue weighted by Gasteiger charge is -2.27. The van der Waals surface area contributed by atoms with Gasteiger partial charge in [-0.2, -0.15) is 0 Å². The second-order valence-corrected chi connectivity index (χ2v) is 6.34. The molecule has 18 heavy (non-hydrogen) atoms. The Kier molecular flexibility index (Phi) is 2.58. The molecule has 1 aromatic carbocycles. The average Bonchev–Trinajstić information content (AvgIpc) is 2.66. The largest absolute Gasteiger partial charge is 0.382 e. The van der Waals surface area contributed by atoms with Crippen LogP contribution in [0.5, 0.6) is 0 Å². The average molecular weight is 243 g/mol. The van der Waals surface area contributed by atoms with Crippen molar-refractivity contribution in [2.45, 2.75) is 51.5 Å². The Balaban J connectivity index is 1.91. The van der Waals surface area contributed by atoms with Crippen LogP contribution in [0.3, 0.4) is 0 Å². The zero-order valence-corrected chi connectivity index (χ0v) is 11.4. The standard InChI is InChI=1S/C15H21N3/c1-15(2,3)14-17-12-8-7-11(9-13(12)18-14)16-10-5-4-6-10/h7-10,16H,4-6H2,1-3H3,(H,17,18). The van der Waals surface area contributed by atoms with Gasteiger partial charge < -0.3 is 10.3 Å². The molecule has 1 aliphatic rings. The molecule has 0 spiro atoms. The van der Waals surface area contributed by atoms with E-state index in [2.05, 4.69) is 54.3 Å². The molecule has 0 aliphatic heterocycles. The number of hydrogen-bond donors (Lipinski definition) is 2. The summed E-state index contributed by atoms with van der Waals surface area (Å²) in [6.45, 7) is 6.54. The molecule has 3 nitrogen and oxygen atoms in total. The number of aromatic amines is 1. The van der Waals surface area contributed by atoms with Gasteiger partial charge in [0.05, 0.1) is 11.0 Å². The Morgan fingerprint density at radius 3 is 2.67 bits per heavy atom. The third kappa shape index (κ3) is 2.09. The predicted octanol–water partition coefficient (Wildman–Crippen LogP) is 3.82. The van der Waals surface area contributed by atoms with Crippen molar-refractivity contribution in [3.8, 4) is 0 Å². The van der Waals surface area contributed by atoms with Crippen molar-refractivity contribution in [1.29, 1.82) is 0 Å². The zero-order chi connectivity index (χ0) is 12.8. The number of imidazole rings is 1. The highest BCUT2D eigenvalue weighted by Crippen LogP contribution is 2.27. The topological polar surface area (TPSA) is 40.7 Å². The molecule has 1 aromatic heterocycles. The highest BCUT2D eigenvalue weighted by molar-refractivity contribution is 5.79. The summed E-state index contributed by atoms with van der Waals surface area (Å²) >= 11 is 0. The highest BCUT2D eigenvalue weighted by Gasteiger charge is 2.19. The van der Waals surface area contributed by atoms with Crippen LogP contribution in [0.2, 0.25) is 0 Å². The summed E-state index contributed by atoms with van der Waals surface area (Å²) in [6, 6.07) is 7.08. The molecule has 0 bridgehead atoms. The van der Waals surface area contributed by atoms with E-state index in [-0.39, 0.29) is 5.41 Å². The number of nitrogens with zero attached hydrogens (tertiary/aromatic N) is 1. The van der Waals surface area contributed by atoms with Crippen LogP contribution in [0.1, 0.15) is 45.9 Å². The maximum Gasteiger partial charge on any atom is 0.112 e. The summed E-state index contributed by atoms with van der Waals surface area (Å²) in [5, 5.41) is 3.57. The number of anilines is 1. The number of fused-ring (bicyclic) bond motifs is 1. The molecule has 3 heteroatoms. The van der Waals surface area contributed by atoms with Gasteiger partial charge in [0.2, 0.25) is 0 Å². The van der Waals surface area contributed by atoms with E-state index >= 15 is 0 Å². The van der Waals surface area contributed by atoms with Gasteiger partial charge in [0.25, 0.3) is 0 Å². The summed E-state index contributed by atoms with van der Waals surface area (Å²) < 4.78 is 0. The van der Waals surface area contributed by atoms with Crippen LogP contribution in [0.15, 0.2) is 18.2 Å². The Labute approximate surface area is 108 Å². The van der Waals surface area contributed by atoms with E-state index in [0.29, 0.717) is 6.04 Å². The van der Waals surface area contributed by atoms with Gasteiger partial charge in [0, 0.05) is 17.1 Å². The third-order valence-electron chi connectivity index (χ3n) is 3.67. The van der Waals surface area contributed by atoms with E-state index < -0.39 is 0 Å². The van der Waals surface area contributed by atoms with Gasteiger partial charge in [0.15, 0.2) is 0 Å². The maximum absolute atomic E-state index is 4.66. The predicted molar refractivity (Wildman–Crippen MR) is 76.1 cm³/mol. The van der Waals surface area contributed by atoms with Crippen LogP contribution in [0.4, 0.5) is 5.69 Å². The Morgan fingerprint density at radius 1 is 1.28 bits per heavy atom. The van der Waals surface area contributed by atoms with Gasteiger partial charge in [-0.1, -0.05) is 20.8 Å². The van der Waals surface area contributed by atoms with E-state index in [0.717, 1.165) is 16.9 Å². The van der Waals surface area contributed by atoms with Gasteiger partial charge in [-0.05, 0) is 37.5 Å². The Hall–Kier alpha value is -1.51. The molecule has 2 N–H and O–H groups in total. The molecule has 0 radical (unpaired) electrons. The fourth-order valence-electron chi connectivity index (χ4n) is 2.24. The maximum atomic E-state index is 4.66. The molecule has 1 saturated carbocycles. The summed E-state index contributed by atoms with van der Waals surface area (Å²) in [7, 11) is 0. The second-order valence-electron chi connectivity index (χ2n) is 6.34. The van der Waals surface area contributed by atoms with Crippen molar-refractivity contribution in [2.24, 2.45) is 0 Å². The van der Waals surface area contributed by atoms with E-state index in [1.165, 1.54) is 24.9 Å². The van der Waals surface area contributed by atoms with E-state index in [9.17, 15) is 0 Å². The van der Waals surface area contributed by atoms with Crippen molar-refractivity contribution in [3.63, 3.8) is 0 Å². The molecular formula is C15H21N3. The first-order valence-corrected chi connectivity index (χ1v) is 6.79. The summed E-state index contributed by atoms with van der Waals surface area (Å²) in [5.74, 6) is 1.05. The van der Waals surface area contributed by atoms with Gasteiger partial charge in [-0.3, -0.25) is 0 Å². The van der Waals surface area contributed by atoms with Gasteiger partial charge in [-0.25, -0.2) is 4.98 Å². The minimum atomic E-state index is 0.0700. The van der Waals surface area contributed by atoms with Crippen LogP contribution < -0.4 is 5.32 Å². The van der Waals surface area contributed by atoms with Gasteiger partial charge >= 0.3 is 0 Å². The zero-order valence-electron chi connectivity index (χ0n) is 11.4. The number of benzene rings is 1. The SMILES string of the molecule is CC(C)(C)c1nc2ccc(NC3CCC3)cc2[nH]1. The third-order valence-corrected chi connectivity index (χ3v) is 3.67. The smallest absolute Gasteiger partial charge is 0.112 e. The first kappa shape index (κ1) is 11.6. The molecule has 3 rings (SSSR count). The summed E-state index contributed by atoms with van der Waals surface area (Å²) in [6.07, 6.45) is 3.96. The second kappa shape index (κ2) is 4.01. The quantitative estimate of drug-likeness (QED) is 0.841. The van der Waals surface area contributed by atoms with Crippen molar-refractivity contribution in [3.05, 3.63) is 24.0 Å². The molecule has 0 atom stereocenters. The Morgan fingerprint density at radius 2 is 2.06 bits per heavy atom. The van der Waals surface area contributed by atoms with Crippen LogP contribution in [-0.4, -0.2) is 16.0 Å². The summed E-state index contributed by atoms with van der Waals surface area (Å²) in [4.78, 5) is 8.09. The molecule has 96 valence electrons. The van der Waals surface area contributed by atoms with Crippen molar-refractivity contribution in [2.75, 3.05) is 5.32 Å². The lowest BCUT2D eigenvalue weighted by Crippen LogP contribution is -2.26. The fraction of sp³-hybridized carbons (Fsp3) is 0.533.